The maximum Gasteiger partial charge on any atom is 0.269 e. The molecule has 7 nitrogen and oxygen atoms in total. The number of nitrogens with zero attached hydrogens (tertiary/aromatic N) is 2. The summed E-state index contributed by atoms with van der Waals surface area (Å²) in [5.41, 5.74) is 4.46. The Morgan fingerprint density at radius 2 is 1.86 bits per heavy atom. The minimum atomic E-state index is -4.12. The van der Waals surface area contributed by atoms with Crippen LogP contribution in [0.5, 0.6) is 0 Å². The summed E-state index contributed by atoms with van der Waals surface area (Å²) in [6, 6.07) is 9.76. The van der Waals surface area contributed by atoms with Gasteiger partial charge in [0.25, 0.3) is 10.0 Å². The number of hydrogen-bond donors (Lipinski definition) is 3. The second kappa shape index (κ2) is 8.61. The first-order valence-electron chi connectivity index (χ1n) is 8.43. The van der Waals surface area contributed by atoms with E-state index in [4.69, 9.17) is 0 Å². The van der Waals surface area contributed by atoms with Crippen LogP contribution in [0, 0.1) is 5.82 Å². The first kappa shape index (κ1) is 21.7. The highest BCUT2D eigenvalue weighted by molar-refractivity contribution is 7.90. The van der Waals surface area contributed by atoms with E-state index in [0.29, 0.717) is 0 Å². The molecule has 0 atom stereocenters. The lowest BCUT2D eigenvalue weighted by Crippen LogP contribution is -2.23. The number of pyridine rings is 1. The highest BCUT2D eigenvalue weighted by atomic mass is 32.2. The summed E-state index contributed by atoms with van der Waals surface area (Å²) in [4.78, 5) is 3.70. The molecule has 2 aromatic heterocycles. The summed E-state index contributed by atoms with van der Waals surface area (Å²) in [5, 5.41) is 20.3. The number of hydrogen-bond acceptors (Lipinski definition) is 6. The van der Waals surface area contributed by atoms with Crippen LogP contribution in [0.25, 0.3) is 11.3 Å². The third-order valence-corrected chi connectivity index (χ3v) is 5.74. The molecule has 4 N–H and O–H groups in total. The summed E-state index contributed by atoms with van der Waals surface area (Å²) >= 11 is 0. The minimum absolute atomic E-state index is 0.0112. The Bertz CT molecular complexity index is 1030. The average molecular weight is 407 g/mol. The fraction of sp³-hybridized carbons (Fsp3) is 0.211. The van der Waals surface area contributed by atoms with Crippen molar-refractivity contribution in [2.45, 2.75) is 24.0 Å². The third-order valence-electron chi connectivity index (χ3n) is 4.08. The maximum absolute atomic E-state index is 14.3. The normalized spacial score (nSPS) is 11.6. The van der Waals surface area contributed by atoms with E-state index >= 15 is 0 Å². The summed E-state index contributed by atoms with van der Waals surface area (Å²) in [6.45, 7) is 1.54. The molecule has 0 fully saturated rings. The molecule has 0 spiro atoms. The van der Waals surface area contributed by atoms with Crippen molar-refractivity contribution < 1.29 is 23.0 Å². The molecule has 0 saturated heterocycles. The quantitative estimate of drug-likeness (QED) is 0.557. The lowest BCUT2D eigenvalue weighted by atomic mass is 10.1. The Balaban J connectivity index is 0.00000136. The highest BCUT2D eigenvalue weighted by Gasteiger charge is 2.30. The topological polar surface area (TPSA) is 118 Å². The fourth-order valence-corrected chi connectivity index (χ4v) is 3.88. The van der Waals surface area contributed by atoms with Gasteiger partial charge in [0.15, 0.2) is 5.79 Å². The van der Waals surface area contributed by atoms with Gasteiger partial charge in [0.05, 0.1) is 5.69 Å². The first-order valence-corrected chi connectivity index (χ1v) is 9.87. The van der Waals surface area contributed by atoms with Crippen molar-refractivity contribution in [2.24, 2.45) is 5.73 Å². The molecule has 1 aromatic carbocycles. The van der Waals surface area contributed by atoms with E-state index in [9.17, 15) is 23.0 Å². The molecule has 0 aliphatic carbocycles. The largest absolute Gasteiger partial charge is 0.362 e. The van der Waals surface area contributed by atoms with Gasteiger partial charge in [-0.1, -0.05) is 19.1 Å². The van der Waals surface area contributed by atoms with Gasteiger partial charge in [-0.25, -0.2) is 16.8 Å². The number of benzene rings is 1. The standard InChI is InChI=1S/C18H17FN2O4S.CH5N/c1-2-18(22,23)13-10-17(15-7-3-4-8-16(15)19)21(12-13)26(24,25)14-6-5-9-20-11-14;1-2/h3-12,22-23H,2H2,1H3;2H2,1H3. The number of aromatic nitrogens is 2. The van der Waals surface area contributed by atoms with Crippen LogP contribution >= 0.6 is 0 Å². The zero-order chi connectivity index (χ0) is 20.9. The molecule has 0 unspecified atom stereocenters. The van der Waals surface area contributed by atoms with Crippen molar-refractivity contribution in [2.75, 3.05) is 7.05 Å². The van der Waals surface area contributed by atoms with Crippen LogP contribution in [0.2, 0.25) is 0 Å². The van der Waals surface area contributed by atoms with Gasteiger partial charge in [0.1, 0.15) is 10.7 Å². The molecule has 150 valence electrons. The average Bonchev–Trinajstić information content (AvgIpc) is 3.17. The van der Waals surface area contributed by atoms with E-state index in [2.05, 4.69) is 10.7 Å². The minimum Gasteiger partial charge on any atom is -0.362 e. The second-order valence-corrected chi connectivity index (χ2v) is 7.57. The monoisotopic (exact) mass is 407 g/mol. The number of rotatable bonds is 5. The Morgan fingerprint density at radius 3 is 2.43 bits per heavy atom. The molecule has 0 aliphatic rings. The molecule has 9 heteroatoms. The lowest BCUT2D eigenvalue weighted by molar-refractivity contribution is -0.171. The van der Waals surface area contributed by atoms with Crippen molar-refractivity contribution in [3.63, 3.8) is 0 Å². The Labute approximate surface area is 163 Å². The second-order valence-electron chi connectivity index (χ2n) is 5.75. The van der Waals surface area contributed by atoms with Crippen molar-refractivity contribution in [3.05, 3.63) is 72.4 Å². The van der Waals surface area contributed by atoms with Crippen LogP contribution in [-0.4, -0.2) is 34.6 Å². The van der Waals surface area contributed by atoms with Crippen molar-refractivity contribution in [1.82, 2.24) is 8.96 Å². The van der Waals surface area contributed by atoms with Crippen molar-refractivity contribution in [3.8, 4) is 11.3 Å². The Morgan fingerprint density at radius 1 is 1.18 bits per heavy atom. The lowest BCUT2D eigenvalue weighted by Gasteiger charge is -2.17. The van der Waals surface area contributed by atoms with Gasteiger partial charge >= 0.3 is 0 Å². The number of nitrogens with two attached hydrogens (primary N) is 1. The van der Waals surface area contributed by atoms with Gasteiger partial charge in [0.2, 0.25) is 0 Å². The van der Waals surface area contributed by atoms with Gasteiger partial charge in [-0.05, 0) is 37.4 Å². The van der Waals surface area contributed by atoms with E-state index in [-0.39, 0.29) is 28.1 Å². The highest BCUT2D eigenvalue weighted by Crippen LogP contribution is 2.33. The van der Waals surface area contributed by atoms with Gasteiger partial charge < -0.3 is 15.9 Å². The molecule has 3 aromatic rings. The predicted octanol–water partition coefficient (Wildman–Crippen LogP) is 2.05. The molecule has 3 rings (SSSR count). The van der Waals surface area contributed by atoms with E-state index in [0.717, 1.165) is 10.2 Å². The van der Waals surface area contributed by atoms with Gasteiger partial charge in [-0.3, -0.25) is 4.98 Å². The number of halogens is 1. The van der Waals surface area contributed by atoms with Crippen LogP contribution in [0.3, 0.4) is 0 Å². The van der Waals surface area contributed by atoms with Crippen molar-refractivity contribution in [1.29, 1.82) is 0 Å². The van der Waals surface area contributed by atoms with Crippen LogP contribution in [0.1, 0.15) is 18.9 Å². The van der Waals surface area contributed by atoms with Gasteiger partial charge in [-0.15, -0.1) is 0 Å². The van der Waals surface area contributed by atoms with Crippen LogP contribution in [0.15, 0.2) is 66.0 Å². The van der Waals surface area contributed by atoms with Gasteiger partial charge in [-0.2, -0.15) is 0 Å². The van der Waals surface area contributed by atoms with E-state index in [1.165, 1.54) is 62.8 Å². The Hall–Kier alpha value is -2.59. The van der Waals surface area contributed by atoms with Crippen molar-refractivity contribution >= 4 is 10.0 Å². The SMILES string of the molecule is CCC(O)(O)c1cc(-c2ccccc2F)n(S(=O)(=O)c2cccnc2)c1.CN. The summed E-state index contributed by atoms with van der Waals surface area (Å²) in [7, 11) is -2.62. The predicted molar refractivity (Wildman–Crippen MR) is 103 cm³/mol. The third kappa shape index (κ3) is 4.12. The molecule has 28 heavy (non-hydrogen) atoms. The fourth-order valence-electron chi connectivity index (χ4n) is 2.54. The maximum atomic E-state index is 14.3. The molecule has 0 aliphatic heterocycles. The van der Waals surface area contributed by atoms with Gasteiger partial charge in [0, 0.05) is 36.1 Å². The van der Waals surface area contributed by atoms with E-state index in [1.54, 1.807) is 6.07 Å². The smallest absolute Gasteiger partial charge is 0.269 e. The number of aliphatic hydroxyl groups is 2. The Kier molecular flexibility index (Phi) is 6.68. The molecule has 0 amide bonds. The molecule has 0 bridgehead atoms. The summed E-state index contributed by atoms with van der Waals surface area (Å²) in [5.74, 6) is -2.87. The van der Waals surface area contributed by atoms with Crippen LogP contribution < -0.4 is 5.73 Å². The molecule has 0 saturated carbocycles. The summed E-state index contributed by atoms with van der Waals surface area (Å²) in [6.07, 6.45) is 3.63. The van der Waals surface area contributed by atoms with Crippen LogP contribution in [0.4, 0.5) is 4.39 Å². The molecular formula is C19H22FN3O4S. The molecule has 0 radical (unpaired) electrons. The van der Waals surface area contributed by atoms with E-state index < -0.39 is 21.6 Å². The van der Waals surface area contributed by atoms with E-state index in [1.807, 2.05) is 0 Å². The zero-order valence-electron chi connectivity index (χ0n) is 15.4. The molecular weight excluding hydrogens is 385 g/mol. The first-order chi connectivity index (χ1) is 13.3. The zero-order valence-corrected chi connectivity index (χ0v) is 16.3. The van der Waals surface area contributed by atoms with Crippen LogP contribution in [-0.2, 0) is 15.8 Å². The summed E-state index contributed by atoms with van der Waals surface area (Å²) < 4.78 is 41.1. The molecule has 2 heterocycles.